The molecule has 0 aliphatic carbocycles. The van der Waals surface area contributed by atoms with Crippen molar-refractivity contribution in [3.8, 4) is 0 Å². The lowest BCUT2D eigenvalue weighted by Gasteiger charge is -2.23. The lowest BCUT2D eigenvalue weighted by atomic mass is 10.1. The Hall–Kier alpha value is -0.380. The van der Waals surface area contributed by atoms with E-state index >= 15 is 0 Å². The average Bonchev–Trinajstić information content (AvgIpc) is 2.67. The summed E-state index contributed by atoms with van der Waals surface area (Å²) in [6.45, 7) is 4.99. The fourth-order valence-electron chi connectivity index (χ4n) is 1.66. The molecule has 0 saturated carbocycles. The molecule has 0 bridgehead atoms. The maximum absolute atomic E-state index is 5.71. The first-order valence-corrected chi connectivity index (χ1v) is 5.68. The Morgan fingerprint density at radius 2 is 2.62 bits per heavy atom. The van der Waals surface area contributed by atoms with Gasteiger partial charge in [0.1, 0.15) is 6.10 Å². The molecule has 0 spiro atoms. The lowest BCUT2D eigenvalue weighted by molar-refractivity contribution is 0.0295. The third-order valence-corrected chi connectivity index (χ3v) is 3.43. The van der Waals surface area contributed by atoms with Crippen LogP contribution in [0.1, 0.15) is 23.5 Å². The maximum Gasteiger partial charge on any atom is 0.104 e. The summed E-state index contributed by atoms with van der Waals surface area (Å²) >= 11 is 1.82. The highest BCUT2D eigenvalue weighted by Crippen LogP contribution is 2.28. The van der Waals surface area contributed by atoms with E-state index in [1.807, 2.05) is 11.3 Å². The molecule has 2 heterocycles. The predicted molar refractivity (Wildman–Crippen MR) is 55.3 cm³/mol. The maximum atomic E-state index is 5.71. The van der Waals surface area contributed by atoms with Gasteiger partial charge in [0.05, 0.1) is 6.61 Å². The van der Waals surface area contributed by atoms with Gasteiger partial charge in [-0.2, -0.15) is 0 Å². The summed E-state index contributed by atoms with van der Waals surface area (Å²) in [5, 5.41) is 5.51. The molecule has 1 aromatic heterocycles. The molecule has 1 aliphatic heterocycles. The van der Waals surface area contributed by atoms with Crippen molar-refractivity contribution < 1.29 is 4.74 Å². The van der Waals surface area contributed by atoms with E-state index < -0.39 is 0 Å². The summed E-state index contributed by atoms with van der Waals surface area (Å²) in [4.78, 5) is 1.41. The Morgan fingerprint density at radius 1 is 1.69 bits per heavy atom. The Kier molecular flexibility index (Phi) is 2.98. The van der Waals surface area contributed by atoms with Gasteiger partial charge in [0.15, 0.2) is 0 Å². The number of nitrogens with one attached hydrogen (secondary N) is 1. The molecule has 1 fully saturated rings. The van der Waals surface area contributed by atoms with Crippen LogP contribution in [0, 0.1) is 0 Å². The van der Waals surface area contributed by atoms with Crippen LogP contribution in [-0.4, -0.2) is 19.7 Å². The van der Waals surface area contributed by atoms with Crippen LogP contribution < -0.4 is 5.32 Å². The van der Waals surface area contributed by atoms with Crippen LogP contribution >= 0.6 is 11.3 Å². The van der Waals surface area contributed by atoms with Gasteiger partial charge >= 0.3 is 0 Å². The van der Waals surface area contributed by atoms with Gasteiger partial charge in [0.25, 0.3) is 0 Å². The molecule has 3 heteroatoms. The Bertz CT molecular complexity index is 266. The van der Waals surface area contributed by atoms with Crippen molar-refractivity contribution in [2.45, 2.75) is 19.4 Å². The highest BCUT2D eigenvalue weighted by atomic mass is 32.1. The number of aryl methyl sites for hydroxylation is 1. The van der Waals surface area contributed by atoms with Gasteiger partial charge in [0.2, 0.25) is 0 Å². The first-order valence-electron chi connectivity index (χ1n) is 4.80. The molecule has 1 saturated heterocycles. The van der Waals surface area contributed by atoms with E-state index in [-0.39, 0.29) is 0 Å². The van der Waals surface area contributed by atoms with E-state index in [1.54, 1.807) is 0 Å². The van der Waals surface area contributed by atoms with Gasteiger partial charge < -0.3 is 10.1 Å². The number of hydrogen-bond donors (Lipinski definition) is 1. The van der Waals surface area contributed by atoms with Crippen LogP contribution in [-0.2, 0) is 11.2 Å². The third-order valence-electron chi connectivity index (χ3n) is 2.38. The monoisotopic (exact) mass is 197 g/mol. The van der Waals surface area contributed by atoms with Crippen LogP contribution in [0.3, 0.4) is 0 Å². The number of hydrogen-bond acceptors (Lipinski definition) is 3. The van der Waals surface area contributed by atoms with Gasteiger partial charge in [-0.15, -0.1) is 11.3 Å². The number of thiophene rings is 1. The van der Waals surface area contributed by atoms with E-state index in [4.69, 9.17) is 4.74 Å². The molecule has 1 N–H and O–H groups in total. The van der Waals surface area contributed by atoms with Crippen LogP contribution in [0.15, 0.2) is 11.4 Å². The van der Waals surface area contributed by atoms with Gasteiger partial charge in [-0.25, -0.2) is 0 Å². The first kappa shape index (κ1) is 9.19. The molecule has 72 valence electrons. The quantitative estimate of drug-likeness (QED) is 0.782. The van der Waals surface area contributed by atoms with E-state index in [1.165, 1.54) is 10.4 Å². The molecule has 0 aromatic carbocycles. The van der Waals surface area contributed by atoms with Crippen LogP contribution in [0.2, 0.25) is 0 Å². The third kappa shape index (κ3) is 1.93. The molecule has 13 heavy (non-hydrogen) atoms. The van der Waals surface area contributed by atoms with Gasteiger partial charge in [-0.05, 0) is 23.4 Å². The highest BCUT2D eigenvalue weighted by Gasteiger charge is 2.18. The highest BCUT2D eigenvalue weighted by molar-refractivity contribution is 7.10. The molecular weight excluding hydrogens is 182 g/mol. The predicted octanol–water partition coefficient (Wildman–Crippen LogP) is 1.97. The second-order valence-electron chi connectivity index (χ2n) is 3.23. The van der Waals surface area contributed by atoms with Crippen molar-refractivity contribution >= 4 is 11.3 Å². The van der Waals surface area contributed by atoms with Crippen molar-refractivity contribution in [3.05, 3.63) is 21.9 Å². The largest absolute Gasteiger partial charge is 0.370 e. The summed E-state index contributed by atoms with van der Waals surface area (Å²) in [5.41, 5.74) is 1.44. The minimum atomic E-state index is 0.295. The summed E-state index contributed by atoms with van der Waals surface area (Å²) in [6, 6.07) is 2.21. The minimum absolute atomic E-state index is 0.295. The van der Waals surface area contributed by atoms with E-state index in [0.29, 0.717) is 6.10 Å². The summed E-state index contributed by atoms with van der Waals surface area (Å²) < 4.78 is 5.71. The van der Waals surface area contributed by atoms with Gasteiger partial charge in [-0.1, -0.05) is 6.92 Å². The van der Waals surface area contributed by atoms with E-state index in [2.05, 4.69) is 23.7 Å². The normalized spacial score (nSPS) is 23.3. The molecule has 2 nitrogen and oxygen atoms in total. The number of rotatable bonds is 2. The van der Waals surface area contributed by atoms with Crippen LogP contribution in [0.5, 0.6) is 0 Å². The molecule has 2 rings (SSSR count). The molecule has 1 unspecified atom stereocenters. The van der Waals surface area contributed by atoms with Crippen molar-refractivity contribution in [1.82, 2.24) is 5.32 Å². The van der Waals surface area contributed by atoms with Crippen LogP contribution in [0.4, 0.5) is 0 Å². The fourth-order valence-corrected chi connectivity index (χ4v) is 2.70. The van der Waals surface area contributed by atoms with Crippen LogP contribution in [0.25, 0.3) is 0 Å². The molecule has 1 aliphatic rings. The topological polar surface area (TPSA) is 21.3 Å². The van der Waals surface area contributed by atoms with E-state index in [9.17, 15) is 0 Å². The van der Waals surface area contributed by atoms with Crippen molar-refractivity contribution in [2.75, 3.05) is 19.7 Å². The van der Waals surface area contributed by atoms with E-state index in [0.717, 1.165) is 26.1 Å². The molecule has 1 aromatic rings. The first-order chi connectivity index (χ1) is 6.42. The summed E-state index contributed by atoms with van der Waals surface area (Å²) in [6.07, 6.45) is 1.40. The molecule has 0 amide bonds. The number of morpholine rings is 1. The number of ether oxygens (including phenoxy) is 1. The Balaban J connectivity index is 2.13. The summed E-state index contributed by atoms with van der Waals surface area (Å²) in [5.74, 6) is 0. The smallest absolute Gasteiger partial charge is 0.104 e. The standard InChI is InChI=1S/C10H15NOS/c1-2-8-3-6-13-10(8)9-7-11-4-5-12-9/h3,6,9,11H,2,4-5,7H2,1H3. The lowest BCUT2D eigenvalue weighted by Crippen LogP contribution is -2.33. The minimum Gasteiger partial charge on any atom is -0.370 e. The fraction of sp³-hybridized carbons (Fsp3) is 0.600. The second-order valence-corrected chi connectivity index (χ2v) is 4.17. The second kappa shape index (κ2) is 4.22. The Labute approximate surface area is 82.9 Å². The molecule has 1 atom stereocenters. The zero-order valence-electron chi connectivity index (χ0n) is 7.88. The van der Waals surface area contributed by atoms with Gasteiger partial charge in [-0.3, -0.25) is 0 Å². The van der Waals surface area contributed by atoms with Gasteiger partial charge in [0, 0.05) is 18.0 Å². The molecular formula is C10H15NOS. The zero-order chi connectivity index (χ0) is 9.10. The Morgan fingerprint density at radius 3 is 3.31 bits per heavy atom. The average molecular weight is 197 g/mol. The van der Waals surface area contributed by atoms with Crippen molar-refractivity contribution in [1.29, 1.82) is 0 Å². The summed E-state index contributed by atoms with van der Waals surface area (Å²) in [7, 11) is 0. The van der Waals surface area contributed by atoms with Crippen molar-refractivity contribution in [2.24, 2.45) is 0 Å². The van der Waals surface area contributed by atoms with Crippen molar-refractivity contribution in [3.63, 3.8) is 0 Å². The SMILES string of the molecule is CCc1ccsc1C1CNCCO1. The zero-order valence-corrected chi connectivity index (χ0v) is 8.69. The molecule has 0 radical (unpaired) electrons.